The lowest BCUT2D eigenvalue weighted by Crippen LogP contribution is -2.05. The summed E-state index contributed by atoms with van der Waals surface area (Å²) in [6.07, 6.45) is 12.0. The molecule has 0 bridgehead atoms. The van der Waals surface area contributed by atoms with E-state index in [0.717, 1.165) is 6.42 Å². The van der Waals surface area contributed by atoms with Gasteiger partial charge in [-0.15, -0.1) is 0 Å². The van der Waals surface area contributed by atoms with Crippen LogP contribution in [0, 0.1) is 0 Å². The molecule has 0 unspecified atom stereocenters. The van der Waals surface area contributed by atoms with Gasteiger partial charge >= 0.3 is 0 Å². The van der Waals surface area contributed by atoms with Crippen LogP contribution in [0.5, 0.6) is 0 Å². The molecule has 0 saturated carbocycles. The second kappa shape index (κ2) is 6.44. The third kappa shape index (κ3) is 2.94. The van der Waals surface area contributed by atoms with E-state index < -0.39 is 0 Å². The van der Waals surface area contributed by atoms with Crippen molar-refractivity contribution >= 4 is 10.9 Å². The summed E-state index contributed by atoms with van der Waals surface area (Å²) in [5, 5.41) is 0. The summed E-state index contributed by atoms with van der Waals surface area (Å²) < 4.78 is 0. The van der Waals surface area contributed by atoms with Crippen molar-refractivity contribution in [3.63, 3.8) is 0 Å². The Balaban J connectivity index is 2.07. The van der Waals surface area contributed by atoms with Gasteiger partial charge in [0.15, 0.2) is 14.7 Å². The minimum absolute atomic E-state index is 0.0145. The molecule has 20 heavy (non-hydrogen) atoms. The SMILES string of the molecule is C1=CCC=C([S+](c2ccccc2)c2ccccc2)C=C1. The molecule has 0 nitrogen and oxygen atoms in total. The summed E-state index contributed by atoms with van der Waals surface area (Å²) in [5.74, 6) is 0. The van der Waals surface area contributed by atoms with Crippen LogP contribution in [-0.4, -0.2) is 0 Å². The van der Waals surface area contributed by atoms with Crippen molar-refractivity contribution in [3.8, 4) is 0 Å². The Hall–Kier alpha value is -1.99. The van der Waals surface area contributed by atoms with E-state index in [2.05, 4.69) is 91.0 Å². The molecule has 1 aliphatic rings. The van der Waals surface area contributed by atoms with E-state index in [-0.39, 0.29) is 10.9 Å². The Kier molecular flexibility index (Phi) is 4.19. The van der Waals surface area contributed by atoms with Crippen molar-refractivity contribution in [3.05, 3.63) is 95.9 Å². The minimum Gasteiger partial charge on any atom is -0.0805 e. The zero-order valence-electron chi connectivity index (χ0n) is 11.3. The highest BCUT2D eigenvalue weighted by Crippen LogP contribution is 2.31. The van der Waals surface area contributed by atoms with Crippen LogP contribution in [0.15, 0.2) is 106 Å². The Morgan fingerprint density at radius 3 is 1.90 bits per heavy atom. The lowest BCUT2D eigenvalue weighted by Gasteiger charge is -2.08. The molecule has 0 atom stereocenters. The third-order valence-electron chi connectivity index (χ3n) is 3.16. The van der Waals surface area contributed by atoms with Crippen molar-refractivity contribution in [1.82, 2.24) is 0 Å². The number of rotatable bonds is 3. The number of hydrogen-bond donors (Lipinski definition) is 0. The normalized spacial score (nSPS) is 14.2. The maximum absolute atomic E-state index is 2.34. The summed E-state index contributed by atoms with van der Waals surface area (Å²) in [4.78, 5) is 4.14. The average Bonchev–Trinajstić information content (AvgIpc) is 2.79. The molecule has 0 aliphatic heterocycles. The van der Waals surface area contributed by atoms with Gasteiger partial charge in [-0.3, -0.25) is 0 Å². The summed E-state index contributed by atoms with van der Waals surface area (Å²) in [5.41, 5.74) is 0. The van der Waals surface area contributed by atoms with Crippen LogP contribution < -0.4 is 0 Å². The quantitative estimate of drug-likeness (QED) is 0.683. The number of benzene rings is 2. The summed E-state index contributed by atoms with van der Waals surface area (Å²) in [7, 11) is -0.0145. The fraction of sp³-hybridized carbons (Fsp3) is 0.0526. The second-order valence-electron chi connectivity index (χ2n) is 4.56. The third-order valence-corrected chi connectivity index (χ3v) is 5.42. The standard InChI is InChI=1S/C19H17S/c1-2-6-12-17(11-5-1)20(18-13-7-3-8-14-18)19-15-9-4-10-16-19/h1-5,7-16H,6H2/q+1. The Morgan fingerprint density at radius 1 is 0.700 bits per heavy atom. The predicted octanol–water partition coefficient (Wildman–Crippen LogP) is 5.12. The van der Waals surface area contributed by atoms with Crippen molar-refractivity contribution in [2.24, 2.45) is 0 Å². The molecular formula is C19H17S+. The molecule has 0 spiro atoms. The highest BCUT2D eigenvalue weighted by molar-refractivity contribution is 8.00. The fourth-order valence-corrected chi connectivity index (χ4v) is 4.39. The lowest BCUT2D eigenvalue weighted by molar-refractivity contribution is 1.36. The van der Waals surface area contributed by atoms with Crippen LogP contribution in [0.1, 0.15) is 6.42 Å². The van der Waals surface area contributed by atoms with Gasteiger partial charge in [0.25, 0.3) is 0 Å². The molecule has 0 radical (unpaired) electrons. The van der Waals surface area contributed by atoms with E-state index in [1.54, 1.807) is 0 Å². The lowest BCUT2D eigenvalue weighted by atomic mass is 10.4. The highest BCUT2D eigenvalue weighted by atomic mass is 32.2. The monoisotopic (exact) mass is 277 g/mol. The minimum atomic E-state index is -0.0145. The molecule has 1 aliphatic carbocycles. The van der Waals surface area contributed by atoms with Crippen molar-refractivity contribution in [2.75, 3.05) is 0 Å². The van der Waals surface area contributed by atoms with Crippen molar-refractivity contribution < 1.29 is 0 Å². The van der Waals surface area contributed by atoms with Gasteiger partial charge in [0, 0.05) is 0 Å². The van der Waals surface area contributed by atoms with Crippen LogP contribution in [0.4, 0.5) is 0 Å². The Labute approximate surface area is 123 Å². The highest BCUT2D eigenvalue weighted by Gasteiger charge is 2.28. The van der Waals surface area contributed by atoms with Crippen LogP contribution in [0.25, 0.3) is 0 Å². The number of allylic oxidation sites excluding steroid dienone is 5. The fourth-order valence-electron chi connectivity index (χ4n) is 2.23. The Morgan fingerprint density at radius 2 is 1.30 bits per heavy atom. The first-order valence-corrected chi connectivity index (χ1v) is 8.05. The maximum Gasteiger partial charge on any atom is 0.166 e. The first-order chi connectivity index (χ1) is 9.95. The van der Waals surface area contributed by atoms with Gasteiger partial charge in [-0.25, -0.2) is 0 Å². The molecule has 0 heterocycles. The summed E-state index contributed by atoms with van der Waals surface area (Å²) >= 11 is 0. The molecule has 2 aromatic carbocycles. The average molecular weight is 277 g/mol. The molecule has 0 N–H and O–H groups in total. The molecule has 98 valence electrons. The predicted molar refractivity (Wildman–Crippen MR) is 87.8 cm³/mol. The Bertz CT molecular complexity index is 596. The molecular weight excluding hydrogens is 260 g/mol. The van der Waals surface area contributed by atoms with Gasteiger partial charge < -0.3 is 0 Å². The van der Waals surface area contributed by atoms with E-state index in [0.29, 0.717) is 0 Å². The van der Waals surface area contributed by atoms with Crippen LogP contribution in [0.2, 0.25) is 0 Å². The van der Waals surface area contributed by atoms with E-state index in [1.807, 2.05) is 0 Å². The largest absolute Gasteiger partial charge is 0.166 e. The van der Waals surface area contributed by atoms with Gasteiger partial charge in [0.05, 0.1) is 10.9 Å². The zero-order chi connectivity index (χ0) is 13.6. The summed E-state index contributed by atoms with van der Waals surface area (Å²) in [6, 6.07) is 21.5. The number of hydrogen-bond acceptors (Lipinski definition) is 0. The molecule has 0 fully saturated rings. The molecule has 2 aromatic rings. The van der Waals surface area contributed by atoms with Gasteiger partial charge in [-0.05, 0) is 42.8 Å². The zero-order valence-corrected chi connectivity index (χ0v) is 12.1. The molecule has 1 heteroatoms. The van der Waals surface area contributed by atoms with Crippen molar-refractivity contribution in [1.29, 1.82) is 0 Å². The van der Waals surface area contributed by atoms with E-state index in [9.17, 15) is 0 Å². The van der Waals surface area contributed by atoms with Gasteiger partial charge in [0.1, 0.15) is 0 Å². The molecule has 0 amide bonds. The van der Waals surface area contributed by atoms with Crippen LogP contribution in [-0.2, 0) is 10.9 Å². The first-order valence-electron chi connectivity index (χ1n) is 6.83. The van der Waals surface area contributed by atoms with Gasteiger partial charge in [0.2, 0.25) is 0 Å². The molecule has 3 rings (SSSR count). The van der Waals surface area contributed by atoms with Crippen LogP contribution in [0.3, 0.4) is 0 Å². The van der Waals surface area contributed by atoms with Gasteiger partial charge in [-0.1, -0.05) is 54.6 Å². The van der Waals surface area contributed by atoms with E-state index in [4.69, 9.17) is 0 Å². The van der Waals surface area contributed by atoms with E-state index >= 15 is 0 Å². The van der Waals surface area contributed by atoms with E-state index in [1.165, 1.54) is 14.7 Å². The van der Waals surface area contributed by atoms with Gasteiger partial charge in [-0.2, -0.15) is 0 Å². The molecule has 0 saturated heterocycles. The molecule has 0 aromatic heterocycles. The second-order valence-corrected chi connectivity index (χ2v) is 6.59. The summed E-state index contributed by atoms with van der Waals surface area (Å²) in [6.45, 7) is 0. The van der Waals surface area contributed by atoms with Crippen molar-refractivity contribution in [2.45, 2.75) is 16.2 Å². The topological polar surface area (TPSA) is 0 Å². The first kappa shape index (κ1) is 13.0. The van der Waals surface area contributed by atoms with Crippen LogP contribution >= 0.6 is 0 Å². The smallest absolute Gasteiger partial charge is 0.0805 e. The maximum atomic E-state index is 2.34.